The molecule has 0 unspecified atom stereocenters. The smallest absolute Gasteiger partial charge is 0.0643 e. The quantitative estimate of drug-likeness (QED) is 0.848. The zero-order valence-corrected chi connectivity index (χ0v) is 10.9. The highest BCUT2D eigenvalue weighted by atomic mass is 15.1. The van der Waals surface area contributed by atoms with Gasteiger partial charge in [-0.25, -0.2) is 0 Å². The van der Waals surface area contributed by atoms with E-state index < -0.39 is 0 Å². The third kappa shape index (κ3) is 2.67. The van der Waals surface area contributed by atoms with Crippen molar-refractivity contribution in [3.63, 3.8) is 0 Å². The predicted molar refractivity (Wildman–Crippen MR) is 71.3 cm³/mol. The highest BCUT2D eigenvalue weighted by molar-refractivity contribution is 5.49. The lowest BCUT2D eigenvalue weighted by atomic mass is 10.1. The predicted octanol–water partition coefficient (Wildman–Crippen LogP) is 3.26. The number of benzene rings is 1. The summed E-state index contributed by atoms with van der Waals surface area (Å²) in [6, 6.07) is 6.51. The van der Waals surface area contributed by atoms with Gasteiger partial charge < -0.3 is 5.32 Å². The van der Waals surface area contributed by atoms with Crippen LogP contribution in [-0.4, -0.2) is 10.2 Å². The number of aromatic amines is 1. The van der Waals surface area contributed by atoms with Crippen molar-refractivity contribution in [2.24, 2.45) is 0 Å². The Bertz CT molecular complexity index is 487. The van der Waals surface area contributed by atoms with Crippen LogP contribution in [0.2, 0.25) is 0 Å². The van der Waals surface area contributed by atoms with Gasteiger partial charge in [-0.15, -0.1) is 0 Å². The van der Waals surface area contributed by atoms with Gasteiger partial charge >= 0.3 is 0 Å². The lowest BCUT2D eigenvalue weighted by molar-refractivity contribution is 1.02. The van der Waals surface area contributed by atoms with Gasteiger partial charge in [-0.05, 0) is 51.0 Å². The Hall–Kier alpha value is -1.77. The Morgan fingerprint density at radius 3 is 2.24 bits per heavy atom. The minimum atomic E-state index is 0.817. The van der Waals surface area contributed by atoms with E-state index in [-0.39, 0.29) is 0 Å². The van der Waals surface area contributed by atoms with Gasteiger partial charge in [0, 0.05) is 23.5 Å². The first kappa shape index (κ1) is 11.7. The van der Waals surface area contributed by atoms with Crippen molar-refractivity contribution in [1.82, 2.24) is 10.2 Å². The van der Waals surface area contributed by atoms with Crippen molar-refractivity contribution < 1.29 is 0 Å². The lowest BCUT2D eigenvalue weighted by Gasteiger charge is -2.08. The first-order chi connectivity index (χ1) is 8.06. The summed E-state index contributed by atoms with van der Waals surface area (Å²) in [6.45, 7) is 9.14. The number of hydrogen-bond acceptors (Lipinski definition) is 2. The standard InChI is InChI=1S/C14H19N3/c1-9-5-10(2)7-13(6-9)15-8-14-11(3)16-17-12(14)4/h5-7,15H,8H2,1-4H3,(H,16,17). The van der Waals surface area contributed by atoms with Gasteiger partial charge in [0.05, 0.1) is 5.69 Å². The molecule has 0 bridgehead atoms. The third-order valence-electron chi connectivity index (χ3n) is 2.97. The number of nitrogens with one attached hydrogen (secondary N) is 2. The molecular formula is C14H19N3. The largest absolute Gasteiger partial charge is 0.381 e. The van der Waals surface area contributed by atoms with E-state index in [9.17, 15) is 0 Å². The zero-order chi connectivity index (χ0) is 12.4. The van der Waals surface area contributed by atoms with Gasteiger partial charge in [0.25, 0.3) is 0 Å². The number of aryl methyl sites for hydroxylation is 4. The van der Waals surface area contributed by atoms with E-state index in [1.54, 1.807) is 0 Å². The second-order valence-corrected chi connectivity index (χ2v) is 4.64. The fourth-order valence-corrected chi connectivity index (χ4v) is 2.10. The van der Waals surface area contributed by atoms with Crippen molar-refractivity contribution in [1.29, 1.82) is 0 Å². The second kappa shape index (κ2) is 4.62. The maximum Gasteiger partial charge on any atom is 0.0643 e. The Morgan fingerprint density at radius 2 is 1.71 bits per heavy atom. The number of anilines is 1. The monoisotopic (exact) mass is 229 g/mol. The Kier molecular flexibility index (Phi) is 3.18. The Balaban J connectivity index is 2.12. The van der Waals surface area contributed by atoms with Crippen LogP contribution < -0.4 is 5.32 Å². The van der Waals surface area contributed by atoms with Crippen LogP contribution in [-0.2, 0) is 6.54 Å². The Morgan fingerprint density at radius 1 is 1.06 bits per heavy atom. The van der Waals surface area contributed by atoms with Gasteiger partial charge in [0.2, 0.25) is 0 Å². The van der Waals surface area contributed by atoms with E-state index in [0.29, 0.717) is 0 Å². The van der Waals surface area contributed by atoms with Crippen LogP contribution in [0.3, 0.4) is 0 Å². The first-order valence-corrected chi connectivity index (χ1v) is 5.89. The fourth-order valence-electron chi connectivity index (χ4n) is 2.10. The molecule has 0 spiro atoms. The van der Waals surface area contributed by atoms with Gasteiger partial charge in [-0.2, -0.15) is 5.10 Å². The number of hydrogen-bond donors (Lipinski definition) is 2. The van der Waals surface area contributed by atoms with E-state index in [1.807, 2.05) is 6.92 Å². The van der Waals surface area contributed by atoms with E-state index in [4.69, 9.17) is 0 Å². The lowest BCUT2D eigenvalue weighted by Crippen LogP contribution is -2.02. The molecule has 3 heteroatoms. The molecule has 0 amide bonds. The van der Waals surface area contributed by atoms with Crippen LogP contribution in [0.15, 0.2) is 18.2 Å². The zero-order valence-electron chi connectivity index (χ0n) is 10.9. The molecule has 2 N–H and O–H groups in total. The second-order valence-electron chi connectivity index (χ2n) is 4.64. The molecule has 2 rings (SSSR count). The molecule has 90 valence electrons. The average molecular weight is 229 g/mol. The van der Waals surface area contributed by atoms with Crippen molar-refractivity contribution in [2.45, 2.75) is 34.2 Å². The molecule has 0 saturated carbocycles. The summed E-state index contributed by atoms with van der Waals surface area (Å²) >= 11 is 0. The van der Waals surface area contributed by atoms with E-state index >= 15 is 0 Å². The molecule has 0 radical (unpaired) electrons. The van der Waals surface area contributed by atoms with Crippen molar-refractivity contribution in [3.8, 4) is 0 Å². The summed E-state index contributed by atoms with van der Waals surface area (Å²) in [5, 5.41) is 10.7. The maximum absolute atomic E-state index is 4.20. The van der Waals surface area contributed by atoms with Crippen LogP contribution in [0.5, 0.6) is 0 Å². The molecule has 0 atom stereocenters. The Labute approximate surface area is 102 Å². The molecule has 0 fully saturated rings. The summed E-state index contributed by atoms with van der Waals surface area (Å²) in [5.74, 6) is 0. The highest BCUT2D eigenvalue weighted by Crippen LogP contribution is 2.16. The molecule has 0 aliphatic heterocycles. The van der Waals surface area contributed by atoms with Gasteiger partial charge in [0.1, 0.15) is 0 Å². The van der Waals surface area contributed by atoms with Crippen LogP contribution in [0.25, 0.3) is 0 Å². The molecule has 0 aliphatic carbocycles. The van der Waals surface area contributed by atoms with E-state index in [1.165, 1.54) is 22.4 Å². The van der Waals surface area contributed by atoms with Crippen LogP contribution in [0.4, 0.5) is 5.69 Å². The molecule has 3 nitrogen and oxygen atoms in total. The minimum absolute atomic E-state index is 0.817. The SMILES string of the molecule is Cc1cc(C)cc(NCc2c(C)n[nH]c2C)c1. The number of aromatic nitrogens is 2. The number of nitrogens with zero attached hydrogens (tertiary/aromatic N) is 1. The third-order valence-corrected chi connectivity index (χ3v) is 2.97. The molecule has 1 aromatic heterocycles. The van der Waals surface area contributed by atoms with Crippen molar-refractivity contribution in [2.75, 3.05) is 5.32 Å². The van der Waals surface area contributed by atoms with E-state index in [0.717, 1.165) is 17.9 Å². The van der Waals surface area contributed by atoms with Gasteiger partial charge in [0.15, 0.2) is 0 Å². The highest BCUT2D eigenvalue weighted by Gasteiger charge is 2.05. The van der Waals surface area contributed by atoms with Crippen LogP contribution in [0.1, 0.15) is 28.1 Å². The fraction of sp³-hybridized carbons (Fsp3) is 0.357. The summed E-state index contributed by atoms with van der Waals surface area (Å²) in [5.41, 5.74) is 7.20. The van der Waals surface area contributed by atoms with Crippen molar-refractivity contribution >= 4 is 5.69 Å². The number of H-pyrrole nitrogens is 1. The first-order valence-electron chi connectivity index (χ1n) is 5.89. The molecule has 1 aromatic carbocycles. The molecule has 0 aliphatic rings. The molecule has 1 heterocycles. The summed E-state index contributed by atoms with van der Waals surface area (Å²) in [6.07, 6.45) is 0. The molecule has 17 heavy (non-hydrogen) atoms. The summed E-state index contributed by atoms with van der Waals surface area (Å²) in [7, 11) is 0. The van der Waals surface area contributed by atoms with Crippen molar-refractivity contribution in [3.05, 3.63) is 46.3 Å². The van der Waals surface area contributed by atoms with Crippen LogP contribution >= 0.6 is 0 Å². The molecular weight excluding hydrogens is 210 g/mol. The maximum atomic E-state index is 4.20. The normalized spacial score (nSPS) is 10.6. The molecule has 2 aromatic rings. The summed E-state index contributed by atoms with van der Waals surface area (Å²) < 4.78 is 0. The van der Waals surface area contributed by atoms with Crippen LogP contribution in [0, 0.1) is 27.7 Å². The topological polar surface area (TPSA) is 40.7 Å². The average Bonchev–Trinajstić information content (AvgIpc) is 2.55. The van der Waals surface area contributed by atoms with E-state index in [2.05, 4.69) is 54.5 Å². The van der Waals surface area contributed by atoms with Gasteiger partial charge in [-0.1, -0.05) is 6.07 Å². The minimum Gasteiger partial charge on any atom is -0.381 e. The summed E-state index contributed by atoms with van der Waals surface area (Å²) in [4.78, 5) is 0. The number of rotatable bonds is 3. The molecule has 0 saturated heterocycles. The van der Waals surface area contributed by atoms with Gasteiger partial charge in [-0.3, -0.25) is 5.10 Å².